The summed E-state index contributed by atoms with van der Waals surface area (Å²) in [6.07, 6.45) is 5.69. The minimum Gasteiger partial charge on any atom is -0.479 e. The zero-order valence-corrected chi connectivity index (χ0v) is 14.6. The molecule has 2 saturated heterocycles. The average molecular weight is 347 g/mol. The highest BCUT2D eigenvalue weighted by Gasteiger charge is 2.28. The molecule has 4 heterocycles. The third kappa shape index (κ3) is 3.21. The van der Waals surface area contributed by atoms with Crippen molar-refractivity contribution >= 4 is 11.0 Å². The van der Waals surface area contributed by atoms with Crippen LogP contribution in [0.15, 0.2) is 6.33 Å². The van der Waals surface area contributed by atoms with E-state index in [-0.39, 0.29) is 12.8 Å². The summed E-state index contributed by atoms with van der Waals surface area (Å²) in [5, 5.41) is 14.2. The largest absolute Gasteiger partial charge is 0.479 e. The van der Waals surface area contributed by atoms with Gasteiger partial charge in [-0.05, 0) is 38.1 Å². The fourth-order valence-electron chi connectivity index (χ4n) is 3.81. The van der Waals surface area contributed by atoms with E-state index in [1.54, 1.807) is 7.11 Å². The van der Waals surface area contributed by atoms with E-state index in [1.165, 1.54) is 6.33 Å². The molecule has 0 radical (unpaired) electrons. The second-order valence-electron chi connectivity index (χ2n) is 6.87. The first-order chi connectivity index (χ1) is 12.3. The Labute approximate surface area is 146 Å². The van der Waals surface area contributed by atoms with Crippen molar-refractivity contribution in [2.75, 3.05) is 33.4 Å². The van der Waals surface area contributed by atoms with Crippen LogP contribution in [0.1, 0.15) is 37.6 Å². The summed E-state index contributed by atoms with van der Waals surface area (Å²) in [5.74, 6) is 0.855. The van der Waals surface area contributed by atoms with Gasteiger partial charge in [0, 0.05) is 26.3 Å². The van der Waals surface area contributed by atoms with Gasteiger partial charge in [0.2, 0.25) is 5.88 Å². The number of likely N-dealkylation sites (tertiary alicyclic amines) is 1. The predicted molar refractivity (Wildman–Crippen MR) is 91.2 cm³/mol. The monoisotopic (exact) mass is 347 g/mol. The summed E-state index contributed by atoms with van der Waals surface area (Å²) in [4.78, 5) is 11.0. The molecule has 2 aromatic heterocycles. The van der Waals surface area contributed by atoms with E-state index in [9.17, 15) is 5.11 Å². The number of fused-ring (bicyclic) bond motifs is 1. The Morgan fingerprint density at radius 2 is 2.20 bits per heavy atom. The molecule has 4 rings (SSSR count). The average Bonchev–Trinajstić information content (AvgIpc) is 3.27. The Hall–Kier alpha value is -1.77. The number of nitrogens with zero attached hydrogens (tertiary/aromatic N) is 5. The predicted octanol–water partition coefficient (Wildman–Crippen LogP) is 1.35. The summed E-state index contributed by atoms with van der Waals surface area (Å²) in [7, 11) is 1.60. The van der Waals surface area contributed by atoms with E-state index < -0.39 is 0 Å². The number of methoxy groups -OCH3 is 1. The maximum absolute atomic E-state index is 9.41. The van der Waals surface area contributed by atoms with Crippen molar-refractivity contribution in [1.29, 1.82) is 0 Å². The lowest BCUT2D eigenvalue weighted by molar-refractivity contribution is -0.0415. The zero-order valence-electron chi connectivity index (χ0n) is 14.6. The molecule has 0 bridgehead atoms. The third-order valence-corrected chi connectivity index (χ3v) is 5.17. The molecular weight excluding hydrogens is 322 g/mol. The van der Waals surface area contributed by atoms with Gasteiger partial charge < -0.3 is 14.6 Å². The van der Waals surface area contributed by atoms with Crippen LogP contribution in [0.5, 0.6) is 5.88 Å². The number of hydrogen-bond acceptors (Lipinski definition) is 7. The van der Waals surface area contributed by atoms with Crippen LogP contribution in [0.25, 0.3) is 11.0 Å². The van der Waals surface area contributed by atoms with Crippen molar-refractivity contribution in [3.63, 3.8) is 0 Å². The summed E-state index contributed by atoms with van der Waals surface area (Å²) >= 11 is 0. The minimum atomic E-state index is -0.0566. The van der Waals surface area contributed by atoms with Gasteiger partial charge in [-0.1, -0.05) is 0 Å². The molecule has 0 amide bonds. The lowest BCUT2D eigenvalue weighted by Crippen LogP contribution is -2.26. The van der Waals surface area contributed by atoms with Gasteiger partial charge in [0.15, 0.2) is 11.7 Å². The molecule has 2 atom stereocenters. The van der Waals surface area contributed by atoms with E-state index in [1.807, 2.05) is 4.68 Å². The number of aliphatic hydroxyl groups excluding tert-OH is 1. The Balaban J connectivity index is 1.71. The molecule has 0 saturated carbocycles. The van der Waals surface area contributed by atoms with Crippen LogP contribution in [0.3, 0.4) is 0 Å². The van der Waals surface area contributed by atoms with Crippen molar-refractivity contribution in [3.8, 4) is 5.88 Å². The molecule has 0 spiro atoms. The molecule has 25 heavy (non-hydrogen) atoms. The standard InChI is InChI=1S/C17H25N5O3/c1-24-17-16-15(18-11-19-17)13(9-21-6-5-12(8-21)10-23)22(20-16)14-4-2-3-7-25-14/h11-12,14,23H,2-10H2,1H3/t12-,14?/m1/s1. The Kier molecular flexibility index (Phi) is 4.82. The number of aliphatic hydroxyl groups is 1. The van der Waals surface area contributed by atoms with Crippen LogP contribution in [0.2, 0.25) is 0 Å². The second-order valence-corrected chi connectivity index (χ2v) is 6.87. The van der Waals surface area contributed by atoms with Crippen molar-refractivity contribution in [1.82, 2.24) is 24.6 Å². The highest BCUT2D eigenvalue weighted by Crippen LogP contribution is 2.31. The van der Waals surface area contributed by atoms with Crippen LogP contribution in [-0.2, 0) is 11.3 Å². The molecule has 1 unspecified atom stereocenters. The van der Waals surface area contributed by atoms with E-state index in [2.05, 4.69) is 14.9 Å². The molecule has 8 nitrogen and oxygen atoms in total. The van der Waals surface area contributed by atoms with Gasteiger partial charge in [0.25, 0.3) is 0 Å². The summed E-state index contributed by atoms with van der Waals surface area (Å²) in [5.41, 5.74) is 2.56. The maximum Gasteiger partial charge on any atom is 0.245 e. The van der Waals surface area contributed by atoms with Gasteiger partial charge in [-0.25, -0.2) is 9.67 Å². The summed E-state index contributed by atoms with van der Waals surface area (Å²) in [6.45, 7) is 3.63. The lowest BCUT2D eigenvalue weighted by Gasteiger charge is -2.25. The highest BCUT2D eigenvalue weighted by molar-refractivity contribution is 5.81. The summed E-state index contributed by atoms with van der Waals surface area (Å²) in [6, 6.07) is 0. The van der Waals surface area contributed by atoms with Crippen LogP contribution < -0.4 is 4.74 Å². The maximum atomic E-state index is 9.41. The molecule has 2 aliphatic rings. The van der Waals surface area contributed by atoms with Crippen molar-refractivity contribution in [2.45, 2.75) is 38.5 Å². The minimum absolute atomic E-state index is 0.0566. The molecular formula is C17H25N5O3. The van der Waals surface area contributed by atoms with Crippen molar-refractivity contribution in [3.05, 3.63) is 12.0 Å². The van der Waals surface area contributed by atoms with Crippen molar-refractivity contribution < 1.29 is 14.6 Å². The Morgan fingerprint density at radius 1 is 1.28 bits per heavy atom. The molecule has 136 valence electrons. The van der Waals surface area contributed by atoms with Gasteiger partial charge in [-0.2, -0.15) is 10.1 Å². The molecule has 2 aromatic rings. The van der Waals surface area contributed by atoms with Gasteiger partial charge in [-0.15, -0.1) is 0 Å². The lowest BCUT2D eigenvalue weighted by atomic mass is 10.1. The topological polar surface area (TPSA) is 85.5 Å². The van der Waals surface area contributed by atoms with E-state index >= 15 is 0 Å². The number of aromatic nitrogens is 4. The number of ether oxygens (including phenoxy) is 2. The first-order valence-electron chi connectivity index (χ1n) is 9.01. The number of rotatable bonds is 5. The normalized spacial score (nSPS) is 24.9. The van der Waals surface area contributed by atoms with E-state index in [0.29, 0.717) is 17.3 Å². The first kappa shape index (κ1) is 16.7. The Morgan fingerprint density at radius 3 is 2.92 bits per heavy atom. The molecule has 1 N–H and O–H groups in total. The smallest absolute Gasteiger partial charge is 0.245 e. The molecule has 8 heteroatoms. The Bertz CT molecular complexity index is 728. The molecule has 0 aliphatic carbocycles. The van der Waals surface area contributed by atoms with E-state index in [4.69, 9.17) is 14.6 Å². The van der Waals surface area contributed by atoms with Gasteiger partial charge in [0.1, 0.15) is 11.8 Å². The zero-order chi connectivity index (χ0) is 17.2. The third-order valence-electron chi connectivity index (χ3n) is 5.17. The quantitative estimate of drug-likeness (QED) is 0.874. The molecule has 2 fully saturated rings. The van der Waals surface area contributed by atoms with E-state index in [0.717, 1.165) is 63.1 Å². The van der Waals surface area contributed by atoms with Crippen LogP contribution in [0.4, 0.5) is 0 Å². The first-order valence-corrected chi connectivity index (χ1v) is 9.01. The molecule has 0 aromatic carbocycles. The summed E-state index contributed by atoms with van der Waals surface area (Å²) < 4.78 is 13.3. The highest BCUT2D eigenvalue weighted by atomic mass is 16.5. The fraction of sp³-hybridized carbons (Fsp3) is 0.706. The van der Waals surface area contributed by atoms with Crippen molar-refractivity contribution in [2.24, 2.45) is 5.92 Å². The van der Waals surface area contributed by atoms with Gasteiger partial charge in [-0.3, -0.25) is 4.90 Å². The SMILES string of the molecule is COc1ncnc2c(CN3CC[C@@H](CO)C3)n(C3CCCCO3)nc12. The van der Waals surface area contributed by atoms with Crippen LogP contribution in [-0.4, -0.2) is 63.2 Å². The fourth-order valence-corrected chi connectivity index (χ4v) is 3.81. The number of hydrogen-bond donors (Lipinski definition) is 1. The second kappa shape index (κ2) is 7.23. The van der Waals surface area contributed by atoms with Gasteiger partial charge >= 0.3 is 0 Å². The molecule has 2 aliphatic heterocycles. The van der Waals surface area contributed by atoms with Crippen LogP contribution >= 0.6 is 0 Å². The van der Waals surface area contributed by atoms with Gasteiger partial charge in [0.05, 0.1) is 12.8 Å². The van der Waals surface area contributed by atoms with Crippen LogP contribution in [0, 0.1) is 5.92 Å².